The van der Waals surface area contributed by atoms with Gasteiger partial charge in [0.2, 0.25) is 5.91 Å². The van der Waals surface area contributed by atoms with Gasteiger partial charge >= 0.3 is 0 Å². The number of hydrogen-bond donors (Lipinski definition) is 0. The molecule has 1 fully saturated rings. The van der Waals surface area contributed by atoms with E-state index >= 15 is 0 Å². The zero-order valence-corrected chi connectivity index (χ0v) is 8.59. The molecular weight excluding hydrogens is 194 g/mol. The molecular formula is C10H13N3O2. The highest BCUT2D eigenvalue weighted by Crippen LogP contribution is 2.16. The lowest BCUT2D eigenvalue weighted by atomic mass is 10.1. The lowest BCUT2D eigenvalue weighted by Gasteiger charge is -2.11. The number of aromatic nitrogens is 2. The summed E-state index contributed by atoms with van der Waals surface area (Å²) in [6.07, 6.45) is 3.52. The van der Waals surface area contributed by atoms with Gasteiger partial charge in [-0.05, 0) is 0 Å². The van der Waals surface area contributed by atoms with Crippen LogP contribution in [-0.2, 0) is 11.3 Å². The summed E-state index contributed by atoms with van der Waals surface area (Å²) in [6.45, 7) is 1.29. The van der Waals surface area contributed by atoms with E-state index in [4.69, 9.17) is 0 Å². The fraction of sp³-hybridized carbons (Fsp3) is 0.500. The van der Waals surface area contributed by atoms with E-state index in [-0.39, 0.29) is 17.4 Å². The molecule has 5 nitrogen and oxygen atoms in total. The van der Waals surface area contributed by atoms with Gasteiger partial charge in [0.1, 0.15) is 0 Å². The Balaban J connectivity index is 2.08. The van der Waals surface area contributed by atoms with Crippen LogP contribution in [0.4, 0.5) is 0 Å². The lowest BCUT2D eigenvalue weighted by molar-refractivity contribution is -0.126. The van der Waals surface area contributed by atoms with Gasteiger partial charge in [0, 0.05) is 44.7 Å². The van der Waals surface area contributed by atoms with E-state index in [1.165, 1.54) is 18.6 Å². The number of amides is 1. The van der Waals surface area contributed by atoms with Crippen LogP contribution in [0.25, 0.3) is 0 Å². The van der Waals surface area contributed by atoms with Crippen molar-refractivity contribution in [1.82, 2.24) is 14.5 Å². The standard InChI is InChI=1S/C10H13N3O2/c1-12-5-8(4-10(12)15)6-13-7-11-3-2-9(13)14/h2-3,7-8H,4-6H2,1H3. The van der Waals surface area contributed by atoms with E-state index in [1.807, 2.05) is 0 Å². The SMILES string of the molecule is CN1CC(Cn2cnccc2=O)CC1=O. The molecule has 1 saturated heterocycles. The second kappa shape index (κ2) is 3.84. The van der Waals surface area contributed by atoms with Crippen molar-refractivity contribution in [3.05, 3.63) is 28.9 Å². The molecule has 1 atom stereocenters. The molecule has 5 heteroatoms. The third-order valence-electron chi connectivity index (χ3n) is 2.67. The fourth-order valence-corrected chi connectivity index (χ4v) is 1.87. The van der Waals surface area contributed by atoms with Crippen molar-refractivity contribution < 1.29 is 4.79 Å². The van der Waals surface area contributed by atoms with Crippen molar-refractivity contribution in [3.8, 4) is 0 Å². The van der Waals surface area contributed by atoms with Crippen LogP contribution >= 0.6 is 0 Å². The third kappa shape index (κ3) is 2.06. The van der Waals surface area contributed by atoms with Gasteiger partial charge in [-0.3, -0.25) is 14.2 Å². The molecule has 0 aliphatic carbocycles. The normalized spacial score (nSPS) is 21.0. The monoisotopic (exact) mass is 207 g/mol. The first-order valence-electron chi connectivity index (χ1n) is 4.91. The molecule has 1 aromatic rings. The molecule has 1 aliphatic rings. The van der Waals surface area contributed by atoms with Crippen LogP contribution < -0.4 is 5.56 Å². The first-order valence-corrected chi connectivity index (χ1v) is 4.91. The molecule has 0 spiro atoms. The minimum Gasteiger partial charge on any atom is -0.345 e. The number of hydrogen-bond acceptors (Lipinski definition) is 3. The second-order valence-electron chi connectivity index (χ2n) is 3.92. The Labute approximate surface area is 87.3 Å². The molecule has 1 unspecified atom stereocenters. The summed E-state index contributed by atoms with van der Waals surface area (Å²) < 4.78 is 1.55. The molecule has 2 heterocycles. The maximum Gasteiger partial charge on any atom is 0.253 e. The largest absolute Gasteiger partial charge is 0.345 e. The summed E-state index contributed by atoms with van der Waals surface area (Å²) in [7, 11) is 1.79. The summed E-state index contributed by atoms with van der Waals surface area (Å²) in [6, 6.07) is 1.43. The topological polar surface area (TPSA) is 55.2 Å². The molecule has 1 amide bonds. The average Bonchev–Trinajstić information content (AvgIpc) is 2.50. The van der Waals surface area contributed by atoms with Crippen LogP contribution in [0.15, 0.2) is 23.4 Å². The molecule has 80 valence electrons. The van der Waals surface area contributed by atoms with Crippen molar-refractivity contribution in [3.63, 3.8) is 0 Å². The number of carbonyl (C=O) groups excluding carboxylic acids is 1. The van der Waals surface area contributed by atoms with Crippen molar-refractivity contribution >= 4 is 5.91 Å². The first-order chi connectivity index (χ1) is 7.16. The Morgan fingerprint density at radius 3 is 2.93 bits per heavy atom. The van der Waals surface area contributed by atoms with Crippen molar-refractivity contribution in [2.75, 3.05) is 13.6 Å². The van der Waals surface area contributed by atoms with Crippen molar-refractivity contribution in [2.45, 2.75) is 13.0 Å². The van der Waals surface area contributed by atoms with Gasteiger partial charge in [0.15, 0.2) is 0 Å². The summed E-state index contributed by atoms with van der Waals surface area (Å²) in [4.78, 5) is 28.3. The van der Waals surface area contributed by atoms with E-state index in [9.17, 15) is 9.59 Å². The molecule has 2 rings (SSSR count). The van der Waals surface area contributed by atoms with Crippen LogP contribution in [0.1, 0.15) is 6.42 Å². The van der Waals surface area contributed by atoms with Gasteiger partial charge < -0.3 is 4.90 Å². The van der Waals surface area contributed by atoms with Crippen molar-refractivity contribution in [1.29, 1.82) is 0 Å². The highest BCUT2D eigenvalue weighted by molar-refractivity contribution is 5.78. The maximum absolute atomic E-state index is 11.4. The zero-order chi connectivity index (χ0) is 10.8. The number of likely N-dealkylation sites (tertiary alicyclic amines) is 1. The Hall–Kier alpha value is -1.65. The quantitative estimate of drug-likeness (QED) is 0.670. The summed E-state index contributed by atoms with van der Waals surface area (Å²) in [5.41, 5.74) is -0.0630. The fourth-order valence-electron chi connectivity index (χ4n) is 1.87. The van der Waals surface area contributed by atoms with Gasteiger partial charge in [-0.15, -0.1) is 0 Å². The van der Waals surface area contributed by atoms with E-state index < -0.39 is 0 Å². The minimum absolute atomic E-state index is 0.0630. The highest BCUT2D eigenvalue weighted by atomic mass is 16.2. The van der Waals surface area contributed by atoms with Crippen LogP contribution in [0.3, 0.4) is 0 Å². The molecule has 0 bridgehead atoms. The molecule has 0 aromatic carbocycles. The molecule has 0 N–H and O–H groups in total. The summed E-state index contributed by atoms with van der Waals surface area (Å²) >= 11 is 0. The van der Waals surface area contributed by atoms with Crippen LogP contribution in [0, 0.1) is 5.92 Å². The van der Waals surface area contributed by atoms with Crippen LogP contribution in [-0.4, -0.2) is 34.0 Å². The molecule has 1 aliphatic heterocycles. The van der Waals surface area contributed by atoms with E-state index in [0.29, 0.717) is 13.0 Å². The second-order valence-corrected chi connectivity index (χ2v) is 3.92. The average molecular weight is 207 g/mol. The van der Waals surface area contributed by atoms with E-state index in [2.05, 4.69) is 4.98 Å². The van der Waals surface area contributed by atoms with Crippen LogP contribution in [0.2, 0.25) is 0 Å². The number of rotatable bonds is 2. The Morgan fingerprint density at radius 2 is 2.33 bits per heavy atom. The third-order valence-corrected chi connectivity index (χ3v) is 2.67. The van der Waals surface area contributed by atoms with Crippen LogP contribution in [0.5, 0.6) is 0 Å². The Bertz CT molecular complexity index is 427. The number of carbonyl (C=O) groups is 1. The van der Waals surface area contributed by atoms with Gasteiger partial charge in [0.25, 0.3) is 5.56 Å². The predicted molar refractivity (Wildman–Crippen MR) is 54.2 cm³/mol. The van der Waals surface area contributed by atoms with Gasteiger partial charge in [-0.2, -0.15) is 0 Å². The van der Waals surface area contributed by atoms with E-state index in [1.54, 1.807) is 16.5 Å². The summed E-state index contributed by atoms with van der Waals surface area (Å²) in [5.74, 6) is 0.376. The van der Waals surface area contributed by atoms with E-state index in [0.717, 1.165) is 6.54 Å². The Kier molecular flexibility index (Phi) is 2.53. The molecule has 0 radical (unpaired) electrons. The first kappa shape index (κ1) is 9.89. The molecule has 15 heavy (non-hydrogen) atoms. The molecule has 0 saturated carbocycles. The van der Waals surface area contributed by atoms with Gasteiger partial charge in [-0.1, -0.05) is 0 Å². The Morgan fingerprint density at radius 1 is 1.53 bits per heavy atom. The van der Waals surface area contributed by atoms with Gasteiger partial charge in [-0.25, -0.2) is 4.98 Å². The summed E-state index contributed by atoms with van der Waals surface area (Å²) in [5, 5.41) is 0. The zero-order valence-electron chi connectivity index (χ0n) is 8.59. The maximum atomic E-state index is 11.4. The molecule has 1 aromatic heterocycles. The predicted octanol–water partition coefficient (Wildman–Crippen LogP) is -0.278. The smallest absolute Gasteiger partial charge is 0.253 e. The number of nitrogens with zero attached hydrogens (tertiary/aromatic N) is 3. The lowest BCUT2D eigenvalue weighted by Crippen LogP contribution is -2.25. The van der Waals surface area contributed by atoms with Crippen molar-refractivity contribution in [2.24, 2.45) is 5.92 Å². The highest BCUT2D eigenvalue weighted by Gasteiger charge is 2.26. The van der Waals surface area contributed by atoms with Gasteiger partial charge in [0.05, 0.1) is 6.33 Å². The minimum atomic E-state index is -0.0630.